The van der Waals surface area contributed by atoms with E-state index in [0.29, 0.717) is 24.9 Å². The zero-order valence-electron chi connectivity index (χ0n) is 11.4. The minimum absolute atomic E-state index is 0.343. The van der Waals surface area contributed by atoms with Crippen LogP contribution in [0.4, 0.5) is 0 Å². The van der Waals surface area contributed by atoms with Crippen molar-refractivity contribution in [3.05, 3.63) is 47.6 Å². The molecular weight excluding hydrogens is 254 g/mol. The molecule has 0 radical (unpaired) electrons. The van der Waals surface area contributed by atoms with Crippen LogP contribution in [0.1, 0.15) is 36.5 Å². The summed E-state index contributed by atoms with van der Waals surface area (Å²) in [6.45, 7) is 0.978. The molecule has 2 aromatic rings. The Bertz CT molecular complexity index is 549. The van der Waals surface area contributed by atoms with E-state index in [1.165, 1.54) is 5.56 Å². The van der Waals surface area contributed by atoms with Crippen LogP contribution in [-0.2, 0) is 23.3 Å². The van der Waals surface area contributed by atoms with Gasteiger partial charge in [-0.25, -0.2) is 0 Å². The first-order valence-corrected chi connectivity index (χ1v) is 7.00. The third kappa shape index (κ3) is 2.89. The molecule has 0 spiro atoms. The molecular formula is C15H19N3O2. The van der Waals surface area contributed by atoms with Crippen LogP contribution in [0.2, 0.25) is 0 Å². The van der Waals surface area contributed by atoms with E-state index in [2.05, 4.69) is 22.3 Å². The van der Waals surface area contributed by atoms with Crippen molar-refractivity contribution in [1.29, 1.82) is 0 Å². The monoisotopic (exact) mass is 273 g/mol. The van der Waals surface area contributed by atoms with Gasteiger partial charge in [0.2, 0.25) is 0 Å². The summed E-state index contributed by atoms with van der Waals surface area (Å²) in [6, 6.07) is 10.2. The second-order valence-corrected chi connectivity index (χ2v) is 5.31. The number of aromatic nitrogens is 2. The summed E-state index contributed by atoms with van der Waals surface area (Å²) in [5.74, 6) is 1.12. The van der Waals surface area contributed by atoms with Crippen LogP contribution >= 0.6 is 0 Å². The molecule has 20 heavy (non-hydrogen) atoms. The molecule has 1 aliphatic carbocycles. The van der Waals surface area contributed by atoms with Crippen molar-refractivity contribution in [3.63, 3.8) is 0 Å². The molecule has 0 bridgehead atoms. The van der Waals surface area contributed by atoms with Crippen LogP contribution in [-0.4, -0.2) is 16.7 Å². The second-order valence-electron chi connectivity index (χ2n) is 5.31. The molecule has 1 heterocycles. The summed E-state index contributed by atoms with van der Waals surface area (Å²) in [4.78, 5) is 4.32. The van der Waals surface area contributed by atoms with Gasteiger partial charge in [0.25, 0.3) is 5.89 Å². The van der Waals surface area contributed by atoms with Crippen LogP contribution in [0.25, 0.3) is 0 Å². The number of benzene rings is 1. The maximum absolute atomic E-state index is 6.14. The maximum Gasteiger partial charge on any atom is 0.252 e. The molecule has 0 aliphatic heterocycles. The Balaban J connectivity index is 1.45. The van der Waals surface area contributed by atoms with Gasteiger partial charge in [0, 0.05) is 0 Å². The molecule has 106 valence electrons. The number of nitrogens with zero attached hydrogens (tertiary/aromatic N) is 2. The van der Waals surface area contributed by atoms with Gasteiger partial charge in [0.05, 0.1) is 12.1 Å². The van der Waals surface area contributed by atoms with E-state index in [9.17, 15) is 0 Å². The predicted octanol–water partition coefficient (Wildman–Crippen LogP) is 2.17. The molecule has 2 N–H and O–H groups in total. The van der Waals surface area contributed by atoms with Crippen LogP contribution in [0, 0.1) is 0 Å². The van der Waals surface area contributed by atoms with Crippen molar-refractivity contribution >= 4 is 0 Å². The summed E-state index contributed by atoms with van der Waals surface area (Å²) in [7, 11) is 0. The smallest absolute Gasteiger partial charge is 0.252 e. The van der Waals surface area contributed by atoms with Crippen molar-refractivity contribution in [2.24, 2.45) is 5.73 Å². The maximum atomic E-state index is 6.14. The minimum Gasteiger partial charge on any atom is -0.371 e. The lowest BCUT2D eigenvalue weighted by Gasteiger charge is -2.34. The van der Waals surface area contributed by atoms with Gasteiger partial charge in [-0.1, -0.05) is 35.5 Å². The van der Waals surface area contributed by atoms with Gasteiger partial charge in [-0.3, -0.25) is 0 Å². The second kappa shape index (κ2) is 5.73. The highest BCUT2D eigenvalue weighted by molar-refractivity contribution is 5.14. The van der Waals surface area contributed by atoms with E-state index in [-0.39, 0.29) is 5.54 Å². The van der Waals surface area contributed by atoms with E-state index in [1.54, 1.807) is 0 Å². The first-order chi connectivity index (χ1) is 9.76. The van der Waals surface area contributed by atoms with Crippen LogP contribution in [0.3, 0.4) is 0 Å². The predicted molar refractivity (Wildman–Crippen MR) is 73.8 cm³/mol. The Morgan fingerprint density at radius 2 is 2.05 bits per heavy atom. The van der Waals surface area contributed by atoms with Gasteiger partial charge in [-0.15, -0.1) is 0 Å². The zero-order valence-corrected chi connectivity index (χ0v) is 11.4. The number of nitrogens with two attached hydrogens (primary N) is 1. The summed E-state index contributed by atoms with van der Waals surface area (Å²) >= 11 is 0. The topological polar surface area (TPSA) is 74.2 Å². The minimum atomic E-state index is -0.369. The van der Waals surface area contributed by atoms with E-state index < -0.39 is 0 Å². The summed E-state index contributed by atoms with van der Waals surface area (Å²) in [6.07, 6.45) is 3.87. The van der Waals surface area contributed by atoms with Crippen molar-refractivity contribution < 1.29 is 9.26 Å². The van der Waals surface area contributed by atoms with Crippen LogP contribution in [0.15, 0.2) is 34.9 Å². The van der Waals surface area contributed by atoms with Crippen molar-refractivity contribution in [2.45, 2.75) is 37.8 Å². The molecule has 3 rings (SSSR count). The lowest BCUT2D eigenvalue weighted by molar-refractivity contribution is 0.100. The number of ether oxygens (including phenoxy) is 1. The summed E-state index contributed by atoms with van der Waals surface area (Å²) in [5, 5.41) is 3.96. The normalized spacial score (nSPS) is 16.9. The fourth-order valence-electron chi connectivity index (χ4n) is 2.29. The molecule has 5 nitrogen and oxygen atoms in total. The van der Waals surface area contributed by atoms with Gasteiger partial charge >= 0.3 is 0 Å². The quantitative estimate of drug-likeness (QED) is 0.816. The molecule has 0 atom stereocenters. The molecule has 0 unspecified atom stereocenters. The summed E-state index contributed by atoms with van der Waals surface area (Å²) in [5.41, 5.74) is 7.03. The lowest BCUT2D eigenvalue weighted by atomic mass is 9.77. The standard InChI is InChI=1S/C15H19N3O2/c16-15(8-4-9-15)14-17-13(20-18-14)11-19-10-7-12-5-2-1-3-6-12/h1-3,5-6H,4,7-11,16H2. The van der Waals surface area contributed by atoms with Crippen LogP contribution < -0.4 is 5.73 Å². The molecule has 1 aliphatic rings. The van der Waals surface area contributed by atoms with Crippen LogP contribution in [0.5, 0.6) is 0 Å². The van der Waals surface area contributed by atoms with Crippen molar-refractivity contribution in [2.75, 3.05) is 6.61 Å². The van der Waals surface area contributed by atoms with Gasteiger partial charge < -0.3 is 15.0 Å². The average molecular weight is 273 g/mol. The highest BCUT2D eigenvalue weighted by Crippen LogP contribution is 2.36. The molecule has 0 amide bonds. The van der Waals surface area contributed by atoms with Gasteiger partial charge in [-0.2, -0.15) is 4.98 Å². The zero-order chi connectivity index (χ0) is 13.8. The Morgan fingerprint density at radius 3 is 2.75 bits per heavy atom. The lowest BCUT2D eigenvalue weighted by Crippen LogP contribution is -2.44. The molecule has 1 fully saturated rings. The van der Waals surface area contributed by atoms with Gasteiger partial charge in [-0.05, 0) is 31.2 Å². The largest absolute Gasteiger partial charge is 0.371 e. The molecule has 1 saturated carbocycles. The first kappa shape index (κ1) is 13.3. The van der Waals surface area contributed by atoms with E-state index >= 15 is 0 Å². The highest BCUT2D eigenvalue weighted by Gasteiger charge is 2.38. The Labute approximate surface area is 118 Å². The Kier molecular flexibility index (Phi) is 3.80. The number of rotatable bonds is 6. The van der Waals surface area contributed by atoms with Gasteiger partial charge in [0.1, 0.15) is 6.61 Å². The van der Waals surface area contributed by atoms with Crippen molar-refractivity contribution in [1.82, 2.24) is 10.1 Å². The SMILES string of the molecule is NC1(c2noc(COCCc3ccccc3)n2)CCC1. The van der Waals surface area contributed by atoms with E-state index in [4.69, 9.17) is 15.0 Å². The third-order valence-electron chi connectivity index (χ3n) is 3.76. The number of hydrogen-bond acceptors (Lipinski definition) is 5. The number of hydrogen-bond donors (Lipinski definition) is 1. The highest BCUT2D eigenvalue weighted by atomic mass is 16.5. The molecule has 5 heteroatoms. The van der Waals surface area contributed by atoms with E-state index in [1.807, 2.05) is 18.2 Å². The first-order valence-electron chi connectivity index (χ1n) is 7.00. The fraction of sp³-hybridized carbons (Fsp3) is 0.467. The van der Waals surface area contributed by atoms with Crippen molar-refractivity contribution in [3.8, 4) is 0 Å². The Morgan fingerprint density at radius 1 is 1.25 bits per heavy atom. The molecule has 1 aromatic heterocycles. The fourth-order valence-corrected chi connectivity index (χ4v) is 2.29. The summed E-state index contributed by atoms with van der Waals surface area (Å²) < 4.78 is 10.7. The van der Waals surface area contributed by atoms with Gasteiger partial charge in [0.15, 0.2) is 5.82 Å². The third-order valence-corrected chi connectivity index (χ3v) is 3.76. The Hall–Kier alpha value is -1.72. The average Bonchev–Trinajstić information content (AvgIpc) is 2.91. The molecule has 1 aromatic carbocycles. The molecule has 0 saturated heterocycles. The van der Waals surface area contributed by atoms with E-state index in [0.717, 1.165) is 25.7 Å².